The minimum absolute atomic E-state index is 0.549. The molecule has 0 aliphatic heterocycles. The number of benzene rings is 1. The lowest BCUT2D eigenvalue weighted by Crippen LogP contribution is -2.05. The third-order valence-electron chi connectivity index (χ3n) is 1.53. The van der Waals surface area contributed by atoms with E-state index in [1.807, 2.05) is 18.2 Å². The van der Waals surface area contributed by atoms with Gasteiger partial charge in [0.1, 0.15) is 5.75 Å². The number of hydrogen-bond donors (Lipinski definition) is 1. The highest BCUT2D eigenvalue weighted by atomic mass is 127. The quantitative estimate of drug-likeness (QED) is 0.686. The lowest BCUT2D eigenvalue weighted by Gasteiger charge is -2.10. The van der Waals surface area contributed by atoms with Crippen LogP contribution in [0.15, 0.2) is 18.2 Å². The number of nitrogens with two attached hydrogens (primary N) is 1. The van der Waals surface area contributed by atoms with Crippen LogP contribution in [-0.2, 0) is 0 Å². The van der Waals surface area contributed by atoms with E-state index in [0.29, 0.717) is 5.92 Å². The van der Waals surface area contributed by atoms with Crippen LogP contribution in [0.5, 0.6) is 5.75 Å². The van der Waals surface area contributed by atoms with E-state index >= 15 is 0 Å². The van der Waals surface area contributed by atoms with Crippen molar-refractivity contribution >= 4 is 28.3 Å². The van der Waals surface area contributed by atoms with Crippen molar-refractivity contribution in [2.45, 2.75) is 13.8 Å². The molecule has 0 saturated heterocycles. The van der Waals surface area contributed by atoms with Crippen molar-refractivity contribution in [3.8, 4) is 5.75 Å². The maximum atomic E-state index is 5.62. The molecule has 0 radical (unpaired) electrons. The molecule has 2 N–H and O–H groups in total. The van der Waals surface area contributed by atoms with Crippen LogP contribution in [0.4, 0.5) is 5.69 Å². The standard InChI is InChI=1S/C10H14INO/c1-7(2)6-13-10-4-3-8(12)5-9(10)11/h3-5,7H,6,12H2,1-2H3. The SMILES string of the molecule is CC(C)COc1ccc(N)cc1I. The molecule has 0 aliphatic rings. The van der Waals surface area contributed by atoms with Crippen molar-refractivity contribution in [3.05, 3.63) is 21.8 Å². The van der Waals surface area contributed by atoms with E-state index in [-0.39, 0.29) is 0 Å². The van der Waals surface area contributed by atoms with Crippen LogP contribution in [0.1, 0.15) is 13.8 Å². The monoisotopic (exact) mass is 291 g/mol. The van der Waals surface area contributed by atoms with E-state index < -0.39 is 0 Å². The molecule has 0 heterocycles. The molecule has 0 bridgehead atoms. The maximum absolute atomic E-state index is 5.62. The molecule has 0 atom stereocenters. The Kier molecular flexibility index (Phi) is 3.84. The second kappa shape index (κ2) is 4.69. The largest absolute Gasteiger partial charge is 0.492 e. The Hall–Kier alpha value is -0.450. The van der Waals surface area contributed by atoms with Gasteiger partial charge < -0.3 is 10.5 Å². The highest BCUT2D eigenvalue weighted by molar-refractivity contribution is 14.1. The summed E-state index contributed by atoms with van der Waals surface area (Å²) in [6, 6.07) is 5.69. The fourth-order valence-electron chi connectivity index (χ4n) is 0.891. The highest BCUT2D eigenvalue weighted by Gasteiger charge is 2.01. The van der Waals surface area contributed by atoms with Crippen LogP contribution < -0.4 is 10.5 Å². The van der Waals surface area contributed by atoms with Crippen molar-refractivity contribution in [1.29, 1.82) is 0 Å². The van der Waals surface area contributed by atoms with Gasteiger partial charge in [-0.1, -0.05) is 13.8 Å². The van der Waals surface area contributed by atoms with Crippen molar-refractivity contribution in [1.82, 2.24) is 0 Å². The molecule has 2 nitrogen and oxygen atoms in total. The molecule has 0 saturated carbocycles. The molecule has 1 rings (SSSR count). The van der Waals surface area contributed by atoms with Crippen LogP contribution in [0.2, 0.25) is 0 Å². The lowest BCUT2D eigenvalue weighted by molar-refractivity contribution is 0.269. The van der Waals surface area contributed by atoms with Crippen molar-refractivity contribution in [2.75, 3.05) is 12.3 Å². The Morgan fingerprint density at radius 3 is 2.69 bits per heavy atom. The molecule has 1 aromatic rings. The van der Waals surface area contributed by atoms with Gasteiger partial charge in [-0.25, -0.2) is 0 Å². The summed E-state index contributed by atoms with van der Waals surface area (Å²) in [4.78, 5) is 0. The minimum atomic E-state index is 0.549. The molecule has 0 aliphatic carbocycles. The second-order valence-corrected chi connectivity index (χ2v) is 4.56. The Bertz CT molecular complexity index is 286. The fraction of sp³-hybridized carbons (Fsp3) is 0.400. The van der Waals surface area contributed by atoms with Gasteiger partial charge in [-0.15, -0.1) is 0 Å². The smallest absolute Gasteiger partial charge is 0.132 e. The highest BCUT2D eigenvalue weighted by Crippen LogP contribution is 2.23. The minimum Gasteiger partial charge on any atom is -0.492 e. The summed E-state index contributed by atoms with van der Waals surface area (Å²) in [6.07, 6.45) is 0. The summed E-state index contributed by atoms with van der Waals surface area (Å²) >= 11 is 2.23. The number of hydrogen-bond acceptors (Lipinski definition) is 2. The van der Waals surface area contributed by atoms with Gasteiger partial charge in [0.05, 0.1) is 10.2 Å². The summed E-state index contributed by atoms with van der Waals surface area (Å²) in [5.74, 6) is 1.47. The van der Waals surface area contributed by atoms with Gasteiger partial charge in [-0.3, -0.25) is 0 Å². The summed E-state index contributed by atoms with van der Waals surface area (Å²) in [5, 5.41) is 0. The van der Waals surface area contributed by atoms with Crippen LogP contribution >= 0.6 is 22.6 Å². The van der Waals surface area contributed by atoms with E-state index in [1.165, 1.54) is 0 Å². The van der Waals surface area contributed by atoms with Crippen molar-refractivity contribution in [3.63, 3.8) is 0 Å². The fourth-order valence-corrected chi connectivity index (χ4v) is 1.59. The molecule has 0 spiro atoms. The first-order valence-corrected chi connectivity index (χ1v) is 5.35. The van der Waals surface area contributed by atoms with Crippen LogP contribution in [0.25, 0.3) is 0 Å². The van der Waals surface area contributed by atoms with E-state index in [0.717, 1.165) is 21.6 Å². The van der Waals surface area contributed by atoms with Crippen molar-refractivity contribution in [2.24, 2.45) is 5.92 Å². The predicted octanol–water partition coefficient (Wildman–Crippen LogP) is 2.91. The number of rotatable bonds is 3. The molecule has 0 fully saturated rings. The van der Waals surface area contributed by atoms with Crippen molar-refractivity contribution < 1.29 is 4.74 Å². The topological polar surface area (TPSA) is 35.2 Å². The summed E-state index contributed by atoms with van der Waals surface area (Å²) < 4.78 is 6.66. The van der Waals surface area contributed by atoms with Gasteiger partial charge in [0, 0.05) is 5.69 Å². The average Bonchev–Trinajstić information content (AvgIpc) is 2.02. The number of nitrogen functional groups attached to an aromatic ring is 1. The Morgan fingerprint density at radius 1 is 1.46 bits per heavy atom. The van der Waals surface area contributed by atoms with E-state index in [9.17, 15) is 0 Å². The van der Waals surface area contributed by atoms with E-state index in [4.69, 9.17) is 10.5 Å². The van der Waals surface area contributed by atoms with Gasteiger partial charge in [-0.2, -0.15) is 0 Å². The van der Waals surface area contributed by atoms with E-state index in [2.05, 4.69) is 36.4 Å². The van der Waals surface area contributed by atoms with Crippen LogP contribution in [0, 0.1) is 9.49 Å². The summed E-state index contributed by atoms with van der Waals surface area (Å²) in [6.45, 7) is 5.01. The molecule has 0 aromatic heterocycles. The third-order valence-corrected chi connectivity index (χ3v) is 2.37. The Labute approximate surface area is 92.6 Å². The second-order valence-electron chi connectivity index (χ2n) is 3.39. The molecular formula is C10H14INO. The zero-order valence-electron chi connectivity index (χ0n) is 7.88. The molecule has 13 heavy (non-hydrogen) atoms. The molecule has 0 amide bonds. The summed E-state index contributed by atoms with van der Waals surface area (Å²) in [7, 11) is 0. The Balaban J connectivity index is 2.67. The molecule has 0 unspecified atom stereocenters. The van der Waals surface area contributed by atoms with Crippen LogP contribution in [-0.4, -0.2) is 6.61 Å². The lowest BCUT2D eigenvalue weighted by atomic mass is 10.2. The number of halogens is 1. The molecule has 1 aromatic carbocycles. The van der Waals surface area contributed by atoms with Gasteiger partial charge >= 0.3 is 0 Å². The predicted molar refractivity (Wildman–Crippen MR) is 63.9 cm³/mol. The zero-order valence-corrected chi connectivity index (χ0v) is 10.0. The first kappa shape index (κ1) is 10.6. The van der Waals surface area contributed by atoms with Crippen LogP contribution in [0.3, 0.4) is 0 Å². The van der Waals surface area contributed by atoms with Gasteiger partial charge in [0.2, 0.25) is 0 Å². The van der Waals surface area contributed by atoms with Gasteiger partial charge in [0.15, 0.2) is 0 Å². The molecular weight excluding hydrogens is 277 g/mol. The molecule has 72 valence electrons. The zero-order chi connectivity index (χ0) is 9.84. The van der Waals surface area contributed by atoms with E-state index in [1.54, 1.807) is 0 Å². The number of ether oxygens (including phenoxy) is 1. The number of anilines is 1. The molecule has 3 heteroatoms. The maximum Gasteiger partial charge on any atom is 0.132 e. The van der Waals surface area contributed by atoms with Gasteiger partial charge in [0.25, 0.3) is 0 Å². The first-order valence-electron chi connectivity index (χ1n) is 4.27. The Morgan fingerprint density at radius 2 is 2.15 bits per heavy atom. The third kappa shape index (κ3) is 3.42. The van der Waals surface area contributed by atoms with Gasteiger partial charge in [-0.05, 0) is 46.7 Å². The average molecular weight is 291 g/mol. The summed E-state index contributed by atoms with van der Waals surface area (Å²) in [5.41, 5.74) is 6.40. The normalized spacial score (nSPS) is 10.5. The first-order chi connectivity index (χ1) is 6.09.